The summed E-state index contributed by atoms with van der Waals surface area (Å²) in [5, 5.41) is 3.58. The minimum Gasteiger partial charge on any atom is -0.493 e. The highest BCUT2D eigenvalue weighted by molar-refractivity contribution is 6.30. The molecule has 0 spiro atoms. The number of nitrogens with one attached hydrogen (secondary N) is 1. The average molecular weight is 473 g/mol. The van der Waals surface area contributed by atoms with Gasteiger partial charge in [-0.1, -0.05) is 11.6 Å². The molecule has 0 saturated carbocycles. The second-order valence-electron chi connectivity index (χ2n) is 8.64. The summed E-state index contributed by atoms with van der Waals surface area (Å²) in [4.78, 5) is 15.0. The molecule has 3 rings (SSSR count). The molecule has 0 aromatic heterocycles. The molecule has 1 aliphatic rings. The summed E-state index contributed by atoms with van der Waals surface area (Å²) in [5.74, 6) is 1.88. The van der Waals surface area contributed by atoms with Crippen LogP contribution in [0.15, 0.2) is 42.0 Å². The molecular formula is C26H33ClN2O4. The van der Waals surface area contributed by atoms with Gasteiger partial charge < -0.3 is 19.5 Å². The summed E-state index contributed by atoms with van der Waals surface area (Å²) in [5.41, 5.74) is 2.42. The first-order chi connectivity index (χ1) is 15.8. The zero-order chi connectivity index (χ0) is 24.0. The quantitative estimate of drug-likeness (QED) is 0.484. The van der Waals surface area contributed by atoms with E-state index in [1.807, 2.05) is 18.2 Å². The Kier molecular flexibility index (Phi) is 8.64. The van der Waals surface area contributed by atoms with E-state index in [0.717, 1.165) is 23.4 Å². The molecule has 2 aromatic rings. The molecular weight excluding hydrogens is 440 g/mol. The first-order valence-electron chi connectivity index (χ1n) is 11.2. The van der Waals surface area contributed by atoms with Gasteiger partial charge in [-0.3, -0.25) is 9.69 Å². The topological polar surface area (TPSA) is 60.0 Å². The summed E-state index contributed by atoms with van der Waals surface area (Å²) >= 11 is 6.07. The van der Waals surface area contributed by atoms with E-state index in [1.165, 1.54) is 0 Å². The SMILES string of the molecule is COc1ccc(NC(=O)CC2=Cc3cc(Cl)ccc3OC2)cc1OCCN(C(C)C)C(C)C. The summed E-state index contributed by atoms with van der Waals surface area (Å²) in [7, 11) is 1.61. The van der Waals surface area contributed by atoms with Crippen LogP contribution < -0.4 is 19.5 Å². The Balaban J connectivity index is 1.62. The smallest absolute Gasteiger partial charge is 0.228 e. The molecule has 0 bridgehead atoms. The van der Waals surface area contributed by atoms with E-state index in [4.69, 9.17) is 25.8 Å². The van der Waals surface area contributed by atoms with Gasteiger partial charge in [-0.2, -0.15) is 0 Å². The number of hydrogen-bond donors (Lipinski definition) is 1. The van der Waals surface area contributed by atoms with Crippen LogP contribution in [-0.2, 0) is 4.79 Å². The number of methoxy groups -OCH3 is 1. The van der Waals surface area contributed by atoms with Crippen molar-refractivity contribution in [3.8, 4) is 17.2 Å². The molecule has 2 aromatic carbocycles. The van der Waals surface area contributed by atoms with Gasteiger partial charge in [-0.15, -0.1) is 0 Å². The van der Waals surface area contributed by atoms with Crippen LogP contribution in [-0.4, -0.2) is 49.8 Å². The van der Waals surface area contributed by atoms with E-state index in [2.05, 4.69) is 37.9 Å². The van der Waals surface area contributed by atoms with Crippen LogP contribution in [0.3, 0.4) is 0 Å². The summed E-state index contributed by atoms with van der Waals surface area (Å²) in [6, 6.07) is 11.7. The maximum Gasteiger partial charge on any atom is 0.228 e. The second kappa shape index (κ2) is 11.4. The number of hydrogen-bond acceptors (Lipinski definition) is 5. The molecule has 0 aliphatic carbocycles. The molecule has 0 radical (unpaired) electrons. The lowest BCUT2D eigenvalue weighted by Gasteiger charge is -2.30. The monoisotopic (exact) mass is 472 g/mol. The van der Waals surface area contributed by atoms with E-state index in [0.29, 0.717) is 47.5 Å². The Morgan fingerprint density at radius 2 is 1.88 bits per heavy atom. The number of halogens is 1. The van der Waals surface area contributed by atoms with Crippen molar-refractivity contribution in [2.45, 2.75) is 46.2 Å². The highest BCUT2D eigenvalue weighted by atomic mass is 35.5. The van der Waals surface area contributed by atoms with Gasteiger partial charge in [0.05, 0.1) is 13.5 Å². The van der Waals surface area contributed by atoms with Crippen LogP contribution in [0.25, 0.3) is 6.08 Å². The van der Waals surface area contributed by atoms with Crippen LogP contribution in [0.5, 0.6) is 17.2 Å². The first-order valence-corrected chi connectivity index (χ1v) is 11.6. The Hall–Kier alpha value is -2.70. The second-order valence-corrected chi connectivity index (χ2v) is 9.07. The lowest BCUT2D eigenvalue weighted by Crippen LogP contribution is -2.39. The molecule has 178 valence electrons. The normalized spacial score (nSPS) is 12.9. The fourth-order valence-electron chi connectivity index (χ4n) is 3.95. The zero-order valence-electron chi connectivity index (χ0n) is 20.0. The average Bonchev–Trinajstić information content (AvgIpc) is 2.76. The molecule has 0 unspecified atom stereocenters. The lowest BCUT2D eigenvalue weighted by atomic mass is 10.0. The van der Waals surface area contributed by atoms with Crippen LogP contribution in [0.1, 0.15) is 39.7 Å². The number of benzene rings is 2. The van der Waals surface area contributed by atoms with Crippen LogP contribution >= 0.6 is 11.6 Å². The van der Waals surface area contributed by atoms with Gasteiger partial charge >= 0.3 is 0 Å². The van der Waals surface area contributed by atoms with Crippen molar-refractivity contribution in [1.29, 1.82) is 0 Å². The van der Waals surface area contributed by atoms with Crippen molar-refractivity contribution >= 4 is 29.3 Å². The number of carbonyl (C=O) groups is 1. The van der Waals surface area contributed by atoms with Gasteiger partial charge in [0, 0.05) is 41.0 Å². The van der Waals surface area contributed by atoms with E-state index in [1.54, 1.807) is 31.4 Å². The molecule has 0 saturated heterocycles. The third-order valence-corrected chi connectivity index (χ3v) is 5.75. The van der Waals surface area contributed by atoms with Gasteiger partial charge in [0.25, 0.3) is 0 Å². The van der Waals surface area contributed by atoms with Crippen LogP contribution in [0.4, 0.5) is 5.69 Å². The van der Waals surface area contributed by atoms with Gasteiger partial charge in [0.15, 0.2) is 11.5 Å². The number of nitrogens with zero attached hydrogens (tertiary/aromatic N) is 1. The minimum absolute atomic E-state index is 0.128. The maximum absolute atomic E-state index is 12.7. The molecule has 0 fully saturated rings. The van der Waals surface area contributed by atoms with E-state index >= 15 is 0 Å². The van der Waals surface area contributed by atoms with Crippen molar-refractivity contribution in [3.05, 3.63) is 52.6 Å². The number of amides is 1. The minimum atomic E-state index is -0.128. The largest absolute Gasteiger partial charge is 0.493 e. The number of fused-ring (bicyclic) bond motifs is 1. The van der Waals surface area contributed by atoms with E-state index in [9.17, 15) is 4.79 Å². The zero-order valence-corrected chi connectivity index (χ0v) is 20.7. The Bertz CT molecular complexity index is 996. The standard InChI is InChI=1S/C26H33ClN2O4/c1-17(2)29(18(3)4)10-11-32-25-15-22(7-9-24(25)31-5)28-26(30)13-19-12-20-14-21(27)6-8-23(20)33-16-19/h6-9,12,14-15,17-18H,10-11,13,16H2,1-5H3,(H,28,30). The van der Waals surface area contributed by atoms with Crippen molar-refractivity contribution in [1.82, 2.24) is 4.90 Å². The highest BCUT2D eigenvalue weighted by Gasteiger charge is 2.16. The fraction of sp³-hybridized carbons (Fsp3) is 0.423. The third-order valence-electron chi connectivity index (χ3n) is 5.51. The molecule has 1 heterocycles. The van der Waals surface area contributed by atoms with E-state index in [-0.39, 0.29) is 12.3 Å². The lowest BCUT2D eigenvalue weighted by molar-refractivity contribution is -0.115. The maximum atomic E-state index is 12.7. The predicted octanol–water partition coefficient (Wildman–Crippen LogP) is 5.65. The highest BCUT2D eigenvalue weighted by Crippen LogP contribution is 2.32. The van der Waals surface area contributed by atoms with Gasteiger partial charge in [0.2, 0.25) is 5.91 Å². The van der Waals surface area contributed by atoms with Crippen molar-refractivity contribution < 1.29 is 19.0 Å². The summed E-state index contributed by atoms with van der Waals surface area (Å²) < 4.78 is 17.2. The van der Waals surface area contributed by atoms with Crippen LogP contribution in [0, 0.1) is 0 Å². The molecule has 6 nitrogen and oxygen atoms in total. The van der Waals surface area contributed by atoms with Gasteiger partial charge in [-0.05, 0) is 69.7 Å². The van der Waals surface area contributed by atoms with E-state index < -0.39 is 0 Å². The van der Waals surface area contributed by atoms with Crippen LogP contribution in [0.2, 0.25) is 5.02 Å². The first kappa shape index (κ1) is 24.9. The molecule has 1 aliphatic heterocycles. The number of carbonyl (C=O) groups excluding carboxylic acids is 1. The van der Waals surface area contributed by atoms with Crippen molar-refractivity contribution in [2.24, 2.45) is 0 Å². The third kappa shape index (κ3) is 6.89. The summed E-state index contributed by atoms with van der Waals surface area (Å²) in [6.07, 6.45) is 2.19. The summed E-state index contributed by atoms with van der Waals surface area (Å²) in [6.45, 7) is 10.4. The number of rotatable bonds is 10. The number of ether oxygens (including phenoxy) is 3. The fourth-order valence-corrected chi connectivity index (χ4v) is 4.13. The number of anilines is 1. The molecule has 7 heteroatoms. The predicted molar refractivity (Wildman–Crippen MR) is 134 cm³/mol. The Morgan fingerprint density at radius 3 is 2.58 bits per heavy atom. The molecule has 1 N–H and O–H groups in total. The molecule has 0 atom stereocenters. The van der Waals surface area contributed by atoms with Crippen molar-refractivity contribution in [2.75, 3.05) is 32.2 Å². The van der Waals surface area contributed by atoms with Gasteiger partial charge in [0.1, 0.15) is 19.0 Å². The molecule has 1 amide bonds. The Morgan fingerprint density at radius 1 is 1.12 bits per heavy atom. The molecule has 33 heavy (non-hydrogen) atoms. The van der Waals surface area contributed by atoms with Crippen molar-refractivity contribution in [3.63, 3.8) is 0 Å². The van der Waals surface area contributed by atoms with Gasteiger partial charge in [-0.25, -0.2) is 0 Å². The Labute approximate surface area is 201 Å².